The lowest BCUT2D eigenvalue weighted by Crippen LogP contribution is -2.44. The molecule has 4 rings (SSSR count). The van der Waals surface area contributed by atoms with Crippen molar-refractivity contribution in [1.29, 1.82) is 0 Å². The zero-order valence-electron chi connectivity index (χ0n) is 16.9. The predicted molar refractivity (Wildman–Crippen MR) is 107 cm³/mol. The molecule has 29 heavy (non-hydrogen) atoms. The van der Waals surface area contributed by atoms with Crippen molar-refractivity contribution in [3.05, 3.63) is 47.5 Å². The Labute approximate surface area is 170 Å². The molecule has 1 aliphatic carbocycles. The summed E-state index contributed by atoms with van der Waals surface area (Å²) < 4.78 is 14.9. The number of aromatic nitrogens is 2. The largest absolute Gasteiger partial charge is 0.349 e. The Hall–Kier alpha value is -2.70. The number of benzene rings is 1. The summed E-state index contributed by atoms with van der Waals surface area (Å²) in [6.45, 7) is 5.23. The minimum Gasteiger partial charge on any atom is -0.349 e. The molecule has 7 heteroatoms. The molecule has 2 aromatic rings. The van der Waals surface area contributed by atoms with E-state index in [0.717, 1.165) is 29.8 Å². The van der Waals surface area contributed by atoms with Crippen LogP contribution in [0.25, 0.3) is 5.69 Å². The molecule has 1 aliphatic heterocycles. The molecule has 1 aromatic heterocycles. The summed E-state index contributed by atoms with van der Waals surface area (Å²) in [6.07, 6.45) is 5.21. The van der Waals surface area contributed by atoms with Crippen molar-refractivity contribution in [2.75, 3.05) is 13.1 Å². The molecule has 0 spiro atoms. The molecule has 1 N–H and O–H groups in total. The molecule has 0 bridgehead atoms. The van der Waals surface area contributed by atoms with E-state index in [9.17, 15) is 14.0 Å². The Balaban J connectivity index is 1.35. The number of nitrogens with one attached hydrogen (secondary N) is 1. The topological polar surface area (TPSA) is 67.2 Å². The Kier molecular flexibility index (Phi) is 5.39. The van der Waals surface area contributed by atoms with Gasteiger partial charge in [-0.3, -0.25) is 9.59 Å². The third-order valence-electron chi connectivity index (χ3n) is 6.05. The maximum atomic E-state index is 13.2. The number of hydrogen-bond donors (Lipinski definition) is 1. The van der Waals surface area contributed by atoms with Crippen LogP contribution in [0.15, 0.2) is 30.5 Å². The Bertz CT molecular complexity index is 896. The molecule has 1 saturated carbocycles. The van der Waals surface area contributed by atoms with E-state index in [1.54, 1.807) is 23.0 Å². The number of nitrogens with zero attached hydrogens (tertiary/aromatic N) is 3. The average molecular weight is 398 g/mol. The van der Waals surface area contributed by atoms with Crippen LogP contribution in [0.3, 0.4) is 0 Å². The van der Waals surface area contributed by atoms with Crippen LogP contribution in [-0.4, -0.2) is 39.6 Å². The highest BCUT2D eigenvalue weighted by atomic mass is 19.1. The van der Waals surface area contributed by atoms with Crippen molar-refractivity contribution < 1.29 is 14.0 Å². The van der Waals surface area contributed by atoms with E-state index < -0.39 is 0 Å². The maximum Gasteiger partial charge on any atom is 0.225 e. The van der Waals surface area contributed by atoms with Gasteiger partial charge >= 0.3 is 0 Å². The van der Waals surface area contributed by atoms with Gasteiger partial charge in [-0.2, -0.15) is 5.10 Å². The lowest BCUT2D eigenvalue weighted by Gasteiger charge is -2.32. The summed E-state index contributed by atoms with van der Waals surface area (Å²) in [6, 6.07) is 5.99. The van der Waals surface area contributed by atoms with Gasteiger partial charge in [0.25, 0.3) is 0 Å². The van der Waals surface area contributed by atoms with Gasteiger partial charge in [-0.25, -0.2) is 9.07 Å². The first-order valence-corrected chi connectivity index (χ1v) is 10.3. The lowest BCUT2D eigenvalue weighted by molar-refractivity contribution is -0.136. The van der Waals surface area contributed by atoms with Gasteiger partial charge in [0.05, 0.1) is 17.9 Å². The number of piperidine rings is 1. The Morgan fingerprint density at radius 1 is 1.10 bits per heavy atom. The van der Waals surface area contributed by atoms with Gasteiger partial charge in [-0.1, -0.05) is 0 Å². The summed E-state index contributed by atoms with van der Waals surface area (Å²) in [5.74, 6) is 0.185. The molecule has 0 radical (unpaired) electrons. The van der Waals surface area contributed by atoms with E-state index in [1.807, 2.05) is 18.7 Å². The van der Waals surface area contributed by atoms with Crippen molar-refractivity contribution in [1.82, 2.24) is 20.0 Å². The maximum absolute atomic E-state index is 13.2. The van der Waals surface area contributed by atoms with E-state index in [4.69, 9.17) is 0 Å². The zero-order chi connectivity index (χ0) is 20.5. The van der Waals surface area contributed by atoms with Crippen molar-refractivity contribution in [3.63, 3.8) is 0 Å². The number of halogens is 1. The van der Waals surface area contributed by atoms with Crippen LogP contribution >= 0.6 is 0 Å². The molecular weight excluding hydrogens is 371 g/mol. The lowest BCUT2D eigenvalue weighted by atomic mass is 9.95. The molecule has 2 heterocycles. The fraction of sp³-hybridized carbons (Fsp3) is 0.500. The number of likely N-dealkylation sites (tertiary alicyclic amines) is 1. The van der Waals surface area contributed by atoms with Crippen LogP contribution in [0.1, 0.15) is 49.9 Å². The number of rotatable bonds is 5. The third-order valence-corrected chi connectivity index (χ3v) is 6.05. The summed E-state index contributed by atoms with van der Waals surface area (Å²) in [4.78, 5) is 26.8. The van der Waals surface area contributed by atoms with Gasteiger partial charge in [0, 0.05) is 36.2 Å². The zero-order valence-corrected chi connectivity index (χ0v) is 16.9. The summed E-state index contributed by atoms with van der Waals surface area (Å²) >= 11 is 0. The van der Waals surface area contributed by atoms with Gasteiger partial charge in [-0.05, 0) is 63.8 Å². The van der Waals surface area contributed by atoms with E-state index in [2.05, 4.69) is 10.4 Å². The van der Waals surface area contributed by atoms with E-state index in [-0.39, 0.29) is 35.5 Å². The summed E-state index contributed by atoms with van der Waals surface area (Å²) in [5, 5.41) is 7.51. The number of hydrogen-bond acceptors (Lipinski definition) is 3. The monoisotopic (exact) mass is 398 g/mol. The molecular formula is C22H27FN4O2. The van der Waals surface area contributed by atoms with Crippen molar-refractivity contribution in [3.8, 4) is 5.69 Å². The molecule has 1 saturated heterocycles. The highest BCUT2D eigenvalue weighted by Crippen LogP contribution is 2.32. The first kappa shape index (κ1) is 19.6. The van der Waals surface area contributed by atoms with Crippen LogP contribution in [-0.2, 0) is 9.59 Å². The van der Waals surface area contributed by atoms with Gasteiger partial charge in [0.2, 0.25) is 11.8 Å². The first-order valence-electron chi connectivity index (χ1n) is 10.3. The van der Waals surface area contributed by atoms with Crippen LogP contribution in [0.2, 0.25) is 0 Å². The summed E-state index contributed by atoms with van der Waals surface area (Å²) in [7, 11) is 0. The number of carbonyl (C=O) groups excluding carboxylic acids is 2. The fourth-order valence-electron chi connectivity index (χ4n) is 4.05. The molecule has 6 nitrogen and oxygen atoms in total. The van der Waals surface area contributed by atoms with Crippen LogP contribution in [0.4, 0.5) is 4.39 Å². The fourth-order valence-corrected chi connectivity index (χ4v) is 4.05. The van der Waals surface area contributed by atoms with E-state index >= 15 is 0 Å². The molecule has 2 aliphatic rings. The van der Waals surface area contributed by atoms with E-state index in [1.165, 1.54) is 12.1 Å². The van der Waals surface area contributed by atoms with Gasteiger partial charge in [-0.15, -0.1) is 0 Å². The van der Waals surface area contributed by atoms with Gasteiger partial charge < -0.3 is 10.2 Å². The molecule has 1 atom stereocenters. The third kappa shape index (κ3) is 4.18. The number of amides is 2. The first-order chi connectivity index (χ1) is 13.9. The SMILES string of the molecule is Cc1c(C(C)NC(=O)C2CCN(C(=O)C3CC3)CC2)cnn1-c1ccc(F)cc1. The molecule has 2 fully saturated rings. The minimum atomic E-state index is -0.288. The Morgan fingerprint density at radius 2 is 1.76 bits per heavy atom. The van der Waals surface area contributed by atoms with Crippen molar-refractivity contribution in [2.24, 2.45) is 11.8 Å². The highest BCUT2D eigenvalue weighted by Gasteiger charge is 2.36. The predicted octanol–water partition coefficient (Wildman–Crippen LogP) is 3.15. The second-order valence-electron chi connectivity index (χ2n) is 8.18. The van der Waals surface area contributed by atoms with Gasteiger partial charge in [0.15, 0.2) is 0 Å². The minimum absolute atomic E-state index is 0.0324. The normalized spacial score (nSPS) is 18.5. The smallest absolute Gasteiger partial charge is 0.225 e. The standard InChI is InChI=1S/C22H27FN4O2/c1-14(20-13-24-27(15(20)2)19-7-5-18(23)6-8-19)25-21(28)16-9-11-26(12-10-16)22(29)17-3-4-17/h5-8,13-14,16-17H,3-4,9-12H2,1-2H3,(H,25,28). The molecule has 2 amide bonds. The quantitative estimate of drug-likeness (QED) is 0.841. The summed E-state index contributed by atoms with van der Waals surface area (Å²) in [5.41, 5.74) is 2.62. The van der Waals surface area contributed by atoms with Crippen molar-refractivity contribution >= 4 is 11.8 Å². The highest BCUT2D eigenvalue weighted by molar-refractivity contribution is 5.82. The molecule has 154 valence electrons. The van der Waals surface area contributed by atoms with Crippen molar-refractivity contribution in [2.45, 2.75) is 45.6 Å². The van der Waals surface area contributed by atoms with E-state index in [0.29, 0.717) is 25.9 Å². The van der Waals surface area contributed by atoms with Crippen LogP contribution in [0.5, 0.6) is 0 Å². The van der Waals surface area contributed by atoms with Gasteiger partial charge in [0.1, 0.15) is 5.82 Å². The molecule has 1 unspecified atom stereocenters. The molecule has 1 aromatic carbocycles. The van der Waals surface area contributed by atoms with Crippen LogP contribution in [0, 0.1) is 24.6 Å². The second kappa shape index (κ2) is 7.97. The average Bonchev–Trinajstić information content (AvgIpc) is 3.50. The Morgan fingerprint density at radius 3 is 2.38 bits per heavy atom. The number of carbonyl (C=O) groups is 2. The second-order valence-corrected chi connectivity index (χ2v) is 8.18. The van der Waals surface area contributed by atoms with Crippen LogP contribution < -0.4 is 5.32 Å².